The highest BCUT2D eigenvalue weighted by atomic mass is 32.2. The minimum absolute atomic E-state index is 0.351. The van der Waals surface area contributed by atoms with Crippen LogP contribution >= 0.6 is 11.8 Å². The van der Waals surface area contributed by atoms with E-state index in [1.807, 2.05) is 24.3 Å². The first-order valence-corrected chi connectivity index (χ1v) is 5.19. The highest BCUT2D eigenvalue weighted by molar-refractivity contribution is 8.02. The number of methoxy groups -OCH3 is 2. The van der Waals surface area contributed by atoms with Crippen LogP contribution in [0.1, 0.15) is 0 Å². The van der Waals surface area contributed by atoms with Crippen molar-refractivity contribution < 1.29 is 14.3 Å². The molecule has 0 aromatic heterocycles. The number of carbonyl (C=O) groups is 1. The second kappa shape index (κ2) is 6.14. The Bertz CT molecular complexity index is 343. The fraction of sp³-hybridized carbons (Fsp3) is 0.182. The average Bonchev–Trinajstić information content (AvgIpc) is 2.29. The van der Waals surface area contributed by atoms with Gasteiger partial charge in [0.25, 0.3) is 0 Å². The second-order valence-electron chi connectivity index (χ2n) is 2.62. The lowest BCUT2D eigenvalue weighted by molar-refractivity contribution is -0.134. The predicted molar refractivity (Wildman–Crippen MR) is 60.0 cm³/mol. The van der Waals surface area contributed by atoms with Crippen molar-refractivity contribution in [1.29, 1.82) is 0 Å². The molecular formula is C11H12O3S. The number of ether oxygens (including phenoxy) is 2. The molecule has 0 aliphatic carbocycles. The molecule has 0 saturated carbocycles. The van der Waals surface area contributed by atoms with Gasteiger partial charge in [0.15, 0.2) is 0 Å². The Kier molecular flexibility index (Phi) is 4.77. The summed E-state index contributed by atoms with van der Waals surface area (Å²) in [6.45, 7) is 0. The van der Waals surface area contributed by atoms with Gasteiger partial charge in [-0.05, 0) is 29.7 Å². The minimum Gasteiger partial charge on any atom is -0.497 e. The van der Waals surface area contributed by atoms with Gasteiger partial charge in [-0.25, -0.2) is 4.79 Å². The number of thioether (sulfide) groups is 1. The van der Waals surface area contributed by atoms with Crippen LogP contribution in [0.5, 0.6) is 5.75 Å². The number of benzene rings is 1. The van der Waals surface area contributed by atoms with E-state index in [2.05, 4.69) is 4.74 Å². The van der Waals surface area contributed by atoms with Crippen molar-refractivity contribution in [2.45, 2.75) is 4.90 Å². The summed E-state index contributed by atoms with van der Waals surface area (Å²) in [5, 5.41) is 1.69. The first-order chi connectivity index (χ1) is 7.26. The van der Waals surface area contributed by atoms with E-state index < -0.39 is 0 Å². The molecule has 1 rings (SSSR count). The monoisotopic (exact) mass is 224 g/mol. The molecule has 4 heteroatoms. The quantitative estimate of drug-likeness (QED) is 0.447. The number of rotatable bonds is 4. The third-order valence-corrected chi connectivity index (χ3v) is 2.49. The summed E-state index contributed by atoms with van der Waals surface area (Å²) in [5.74, 6) is 0.465. The highest BCUT2D eigenvalue weighted by Gasteiger charge is 1.94. The summed E-state index contributed by atoms with van der Waals surface area (Å²) >= 11 is 1.45. The summed E-state index contributed by atoms with van der Waals surface area (Å²) in [7, 11) is 2.98. The zero-order chi connectivity index (χ0) is 11.1. The van der Waals surface area contributed by atoms with Gasteiger partial charge in [-0.1, -0.05) is 11.8 Å². The van der Waals surface area contributed by atoms with Gasteiger partial charge >= 0.3 is 5.97 Å². The molecule has 0 amide bonds. The first-order valence-electron chi connectivity index (χ1n) is 4.31. The molecule has 0 unspecified atom stereocenters. The largest absolute Gasteiger partial charge is 0.497 e. The number of carbonyl (C=O) groups excluding carboxylic acids is 1. The normalized spacial score (nSPS) is 10.3. The van der Waals surface area contributed by atoms with E-state index in [1.54, 1.807) is 12.5 Å². The Morgan fingerprint density at radius 2 is 1.93 bits per heavy atom. The Morgan fingerprint density at radius 1 is 1.27 bits per heavy atom. The lowest BCUT2D eigenvalue weighted by Crippen LogP contribution is -1.92. The molecule has 0 atom stereocenters. The summed E-state index contributed by atoms with van der Waals surface area (Å²) < 4.78 is 9.49. The van der Waals surface area contributed by atoms with Crippen molar-refractivity contribution >= 4 is 17.7 Å². The van der Waals surface area contributed by atoms with Crippen molar-refractivity contribution in [1.82, 2.24) is 0 Å². The van der Waals surface area contributed by atoms with Crippen LogP contribution < -0.4 is 4.74 Å². The van der Waals surface area contributed by atoms with E-state index in [0.717, 1.165) is 10.6 Å². The van der Waals surface area contributed by atoms with E-state index in [4.69, 9.17) is 4.74 Å². The van der Waals surface area contributed by atoms with Gasteiger partial charge in [-0.2, -0.15) is 0 Å². The maximum atomic E-state index is 10.8. The zero-order valence-electron chi connectivity index (χ0n) is 8.60. The van der Waals surface area contributed by atoms with Crippen LogP contribution in [0, 0.1) is 0 Å². The van der Waals surface area contributed by atoms with Crippen LogP contribution in [-0.4, -0.2) is 20.2 Å². The van der Waals surface area contributed by atoms with Crippen LogP contribution in [0.25, 0.3) is 0 Å². The molecule has 0 heterocycles. The molecule has 0 spiro atoms. The van der Waals surface area contributed by atoms with Gasteiger partial charge in [-0.3, -0.25) is 0 Å². The van der Waals surface area contributed by atoms with Crippen molar-refractivity contribution in [3.8, 4) is 5.75 Å². The second-order valence-corrected chi connectivity index (χ2v) is 3.60. The van der Waals surface area contributed by atoms with Crippen LogP contribution in [-0.2, 0) is 9.53 Å². The molecule has 1 aromatic rings. The molecule has 0 saturated heterocycles. The van der Waals surface area contributed by atoms with Gasteiger partial charge in [0.1, 0.15) is 5.75 Å². The zero-order valence-corrected chi connectivity index (χ0v) is 9.41. The third kappa shape index (κ3) is 4.08. The Balaban J connectivity index is 2.51. The lowest BCUT2D eigenvalue weighted by atomic mass is 10.3. The summed E-state index contributed by atoms with van der Waals surface area (Å²) in [4.78, 5) is 11.8. The molecule has 3 nitrogen and oxygen atoms in total. The van der Waals surface area contributed by atoms with Crippen molar-refractivity contribution in [2.24, 2.45) is 0 Å². The Labute approximate surface area is 93.1 Å². The SMILES string of the molecule is COC(=O)C=CSc1ccc(OC)cc1. The summed E-state index contributed by atoms with van der Waals surface area (Å²) in [6, 6.07) is 7.58. The molecule has 0 aliphatic rings. The molecule has 1 aromatic carbocycles. The van der Waals surface area contributed by atoms with Crippen LogP contribution in [0.4, 0.5) is 0 Å². The Hall–Kier alpha value is -1.42. The van der Waals surface area contributed by atoms with E-state index in [-0.39, 0.29) is 5.97 Å². The fourth-order valence-corrected chi connectivity index (χ4v) is 1.52. The third-order valence-electron chi connectivity index (χ3n) is 1.67. The van der Waals surface area contributed by atoms with E-state index in [1.165, 1.54) is 24.9 Å². The van der Waals surface area contributed by atoms with Gasteiger partial charge in [0, 0.05) is 11.0 Å². The van der Waals surface area contributed by atoms with Crippen molar-refractivity contribution in [2.75, 3.05) is 14.2 Å². The molecule has 0 radical (unpaired) electrons. The van der Waals surface area contributed by atoms with Crippen molar-refractivity contribution in [3.05, 3.63) is 35.7 Å². The minimum atomic E-state index is -0.351. The number of esters is 1. The topological polar surface area (TPSA) is 35.5 Å². The van der Waals surface area contributed by atoms with E-state index in [9.17, 15) is 4.79 Å². The van der Waals surface area contributed by atoms with Crippen LogP contribution in [0.2, 0.25) is 0 Å². The lowest BCUT2D eigenvalue weighted by Gasteiger charge is -1.99. The van der Waals surface area contributed by atoms with Crippen molar-refractivity contribution in [3.63, 3.8) is 0 Å². The van der Waals surface area contributed by atoms with E-state index >= 15 is 0 Å². The molecule has 0 bridgehead atoms. The predicted octanol–water partition coefficient (Wildman–Crippen LogP) is 2.47. The van der Waals surface area contributed by atoms with Gasteiger partial charge in [0.2, 0.25) is 0 Å². The molecular weight excluding hydrogens is 212 g/mol. The fourth-order valence-electron chi connectivity index (χ4n) is 0.890. The van der Waals surface area contributed by atoms with E-state index in [0.29, 0.717) is 0 Å². The Morgan fingerprint density at radius 3 is 2.47 bits per heavy atom. The molecule has 80 valence electrons. The molecule has 0 N–H and O–H groups in total. The molecule has 0 fully saturated rings. The molecule has 0 aliphatic heterocycles. The summed E-state index contributed by atoms with van der Waals surface area (Å²) in [5.41, 5.74) is 0. The molecule has 15 heavy (non-hydrogen) atoms. The standard InChI is InChI=1S/C11H12O3S/c1-13-9-3-5-10(6-4-9)15-8-7-11(12)14-2/h3-8H,1-2H3. The average molecular weight is 224 g/mol. The van der Waals surface area contributed by atoms with Crippen LogP contribution in [0.15, 0.2) is 40.6 Å². The highest BCUT2D eigenvalue weighted by Crippen LogP contribution is 2.21. The maximum absolute atomic E-state index is 10.8. The van der Waals surface area contributed by atoms with Gasteiger partial charge < -0.3 is 9.47 Å². The van der Waals surface area contributed by atoms with Gasteiger partial charge in [-0.15, -0.1) is 0 Å². The number of hydrogen-bond donors (Lipinski definition) is 0. The first kappa shape index (κ1) is 11.7. The van der Waals surface area contributed by atoms with Crippen LogP contribution in [0.3, 0.4) is 0 Å². The summed E-state index contributed by atoms with van der Waals surface area (Å²) in [6.07, 6.45) is 1.38. The number of hydrogen-bond acceptors (Lipinski definition) is 4. The maximum Gasteiger partial charge on any atom is 0.330 e. The smallest absolute Gasteiger partial charge is 0.330 e. The van der Waals surface area contributed by atoms with Gasteiger partial charge in [0.05, 0.1) is 14.2 Å².